The average Bonchev–Trinajstić information content (AvgIpc) is 2.75. The standard InChI is InChI=1S/C14H17ClNO3PS/c1-3-10-16-13(4-2)14(19-20(16)15)11-21(17,18)12-8-6-5-7-9-12/h2,5-9,13-14H,3,10-11H2,1H3/t13-,14+,20?/m1/s1. The van der Waals surface area contributed by atoms with E-state index in [1.807, 2.05) is 11.6 Å². The highest BCUT2D eigenvalue weighted by Crippen LogP contribution is 2.55. The van der Waals surface area contributed by atoms with Crippen molar-refractivity contribution >= 4 is 28.7 Å². The molecular weight excluding hydrogens is 329 g/mol. The molecule has 1 aliphatic rings. The third-order valence-electron chi connectivity index (χ3n) is 3.21. The summed E-state index contributed by atoms with van der Waals surface area (Å²) < 4.78 is 32.3. The van der Waals surface area contributed by atoms with Crippen molar-refractivity contribution in [3.05, 3.63) is 30.3 Å². The Morgan fingerprint density at radius 3 is 2.67 bits per heavy atom. The van der Waals surface area contributed by atoms with E-state index < -0.39 is 29.6 Å². The summed E-state index contributed by atoms with van der Waals surface area (Å²) in [5.74, 6) is 2.47. The largest absolute Gasteiger partial charge is 0.324 e. The highest BCUT2D eigenvalue weighted by atomic mass is 35.7. The van der Waals surface area contributed by atoms with Gasteiger partial charge in [-0.15, -0.1) is 6.42 Å². The van der Waals surface area contributed by atoms with Crippen LogP contribution in [0.15, 0.2) is 35.2 Å². The Labute approximate surface area is 132 Å². The van der Waals surface area contributed by atoms with Gasteiger partial charge in [0.15, 0.2) is 9.84 Å². The highest BCUT2D eigenvalue weighted by Gasteiger charge is 2.43. The first-order valence-corrected chi connectivity index (χ1v) is 10.4. The summed E-state index contributed by atoms with van der Waals surface area (Å²) in [6.45, 7) is 2.72. The molecule has 1 saturated heterocycles. The molecule has 1 unspecified atom stereocenters. The van der Waals surface area contributed by atoms with Gasteiger partial charge in [-0.1, -0.05) is 31.0 Å². The van der Waals surface area contributed by atoms with Gasteiger partial charge >= 0.3 is 0 Å². The summed E-state index contributed by atoms with van der Waals surface area (Å²) in [5.41, 5.74) is 0. The Hall–Kier alpha value is -0.630. The van der Waals surface area contributed by atoms with E-state index >= 15 is 0 Å². The fraction of sp³-hybridized carbons (Fsp3) is 0.429. The van der Waals surface area contributed by atoms with Crippen LogP contribution in [0.1, 0.15) is 13.3 Å². The maximum Gasteiger partial charge on any atom is 0.208 e. The molecule has 0 saturated carbocycles. The zero-order valence-corrected chi connectivity index (χ0v) is 14.1. The third kappa shape index (κ3) is 3.77. The predicted molar refractivity (Wildman–Crippen MR) is 85.8 cm³/mol. The normalized spacial score (nSPS) is 26.6. The quantitative estimate of drug-likeness (QED) is 0.608. The van der Waals surface area contributed by atoms with Crippen LogP contribution >= 0.6 is 18.9 Å². The molecule has 21 heavy (non-hydrogen) atoms. The fourth-order valence-corrected chi connectivity index (χ4v) is 5.89. The van der Waals surface area contributed by atoms with Crippen molar-refractivity contribution in [2.45, 2.75) is 30.4 Å². The summed E-state index contributed by atoms with van der Waals surface area (Å²) in [7, 11) is -4.79. The third-order valence-corrected chi connectivity index (χ3v) is 7.08. The lowest BCUT2D eigenvalue weighted by Crippen LogP contribution is -2.36. The molecule has 0 N–H and O–H groups in total. The average molecular weight is 346 g/mol. The zero-order chi connectivity index (χ0) is 15.5. The summed E-state index contributed by atoms with van der Waals surface area (Å²) in [6, 6.07) is 7.91. The van der Waals surface area contributed by atoms with Gasteiger partial charge in [0.05, 0.1) is 10.6 Å². The second kappa shape index (κ2) is 7.09. The molecule has 1 aromatic rings. The number of hydrogen-bond acceptors (Lipinski definition) is 4. The topological polar surface area (TPSA) is 46.6 Å². The predicted octanol–water partition coefficient (Wildman–Crippen LogP) is 3.04. The Morgan fingerprint density at radius 2 is 2.10 bits per heavy atom. The molecule has 4 nitrogen and oxygen atoms in total. The van der Waals surface area contributed by atoms with Gasteiger partial charge in [0, 0.05) is 6.54 Å². The monoisotopic (exact) mass is 345 g/mol. The van der Waals surface area contributed by atoms with Crippen molar-refractivity contribution in [2.24, 2.45) is 0 Å². The lowest BCUT2D eigenvalue weighted by Gasteiger charge is -2.20. The fourth-order valence-electron chi connectivity index (χ4n) is 2.22. The number of benzene rings is 1. The second-order valence-electron chi connectivity index (χ2n) is 4.74. The van der Waals surface area contributed by atoms with Crippen LogP contribution in [0.2, 0.25) is 0 Å². The van der Waals surface area contributed by atoms with Crippen molar-refractivity contribution in [3.8, 4) is 12.3 Å². The molecule has 1 heterocycles. The first-order chi connectivity index (χ1) is 9.99. The molecular formula is C14H17ClNO3PS. The van der Waals surface area contributed by atoms with Gasteiger partial charge < -0.3 is 4.52 Å². The lowest BCUT2D eigenvalue weighted by atomic mass is 10.2. The van der Waals surface area contributed by atoms with Crippen LogP contribution < -0.4 is 0 Å². The van der Waals surface area contributed by atoms with Gasteiger partial charge in [-0.3, -0.25) is 0 Å². The maximum absolute atomic E-state index is 12.4. The number of sulfone groups is 1. The SMILES string of the molecule is C#C[C@@H]1[C@H](CS(=O)(=O)c2ccccc2)OP(Cl)N1CCC. The number of nitrogens with zero attached hydrogens (tertiary/aromatic N) is 1. The minimum Gasteiger partial charge on any atom is -0.324 e. The maximum atomic E-state index is 12.4. The number of hydrogen-bond donors (Lipinski definition) is 0. The van der Waals surface area contributed by atoms with Crippen LogP contribution in [0.4, 0.5) is 0 Å². The van der Waals surface area contributed by atoms with Gasteiger partial charge in [0.25, 0.3) is 0 Å². The molecule has 1 fully saturated rings. The number of rotatable bonds is 5. The van der Waals surface area contributed by atoms with Crippen LogP contribution in [0.5, 0.6) is 0 Å². The minimum absolute atomic E-state index is 0.155. The van der Waals surface area contributed by atoms with Crippen LogP contribution in [0, 0.1) is 12.3 Å². The molecule has 0 aliphatic carbocycles. The van der Waals surface area contributed by atoms with Crippen molar-refractivity contribution in [1.29, 1.82) is 0 Å². The van der Waals surface area contributed by atoms with E-state index in [2.05, 4.69) is 5.92 Å². The van der Waals surface area contributed by atoms with E-state index in [0.717, 1.165) is 6.42 Å². The molecule has 0 spiro atoms. The number of halogens is 1. The molecule has 1 aliphatic heterocycles. The van der Waals surface area contributed by atoms with E-state index in [0.29, 0.717) is 6.54 Å². The first-order valence-electron chi connectivity index (χ1n) is 6.62. The zero-order valence-electron chi connectivity index (χ0n) is 11.6. The molecule has 0 bridgehead atoms. The molecule has 2 rings (SSSR count). The summed E-state index contributed by atoms with van der Waals surface area (Å²) >= 11 is 6.18. The van der Waals surface area contributed by atoms with Crippen molar-refractivity contribution in [2.75, 3.05) is 12.3 Å². The van der Waals surface area contributed by atoms with E-state index in [-0.39, 0.29) is 10.6 Å². The van der Waals surface area contributed by atoms with Gasteiger partial charge in [-0.25, -0.2) is 13.1 Å². The molecule has 0 radical (unpaired) electrons. The van der Waals surface area contributed by atoms with Crippen molar-refractivity contribution in [1.82, 2.24) is 4.67 Å². The molecule has 7 heteroatoms. The molecule has 1 aromatic carbocycles. The van der Waals surface area contributed by atoms with Gasteiger partial charge in [-0.2, -0.15) is 0 Å². The van der Waals surface area contributed by atoms with Crippen molar-refractivity contribution < 1.29 is 12.9 Å². The van der Waals surface area contributed by atoms with Crippen LogP contribution in [-0.2, 0) is 14.4 Å². The minimum atomic E-state index is -3.44. The van der Waals surface area contributed by atoms with Crippen LogP contribution in [0.25, 0.3) is 0 Å². The second-order valence-corrected chi connectivity index (χ2v) is 8.82. The molecule has 0 amide bonds. The van der Waals surface area contributed by atoms with E-state index in [9.17, 15) is 8.42 Å². The Balaban J connectivity index is 2.18. The molecule has 0 aromatic heterocycles. The summed E-state index contributed by atoms with van der Waals surface area (Å²) in [4.78, 5) is 0.275. The van der Waals surface area contributed by atoms with Crippen LogP contribution in [0.3, 0.4) is 0 Å². The Kier molecular flexibility index (Phi) is 5.65. The smallest absolute Gasteiger partial charge is 0.208 e. The highest BCUT2D eigenvalue weighted by molar-refractivity contribution is 7.91. The van der Waals surface area contributed by atoms with E-state index in [4.69, 9.17) is 22.2 Å². The van der Waals surface area contributed by atoms with Gasteiger partial charge in [0.2, 0.25) is 7.65 Å². The lowest BCUT2D eigenvalue weighted by molar-refractivity contribution is 0.251. The molecule has 114 valence electrons. The Bertz CT molecular complexity index is 617. The summed E-state index contributed by atoms with van der Waals surface area (Å²) in [5, 5.41) is 0. The van der Waals surface area contributed by atoms with Crippen molar-refractivity contribution in [3.63, 3.8) is 0 Å². The Morgan fingerprint density at radius 1 is 1.43 bits per heavy atom. The van der Waals surface area contributed by atoms with Crippen LogP contribution in [-0.4, -0.2) is 37.5 Å². The summed E-state index contributed by atoms with van der Waals surface area (Å²) in [6.07, 6.45) is 5.84. The first kappa shape index (κ1) is 16.7. The van der Waals surface area contributed by atoms with E-state index in [1.54, 1.807) is 30.3 Å². The molecule has 3 atom stereocenters. The number of terminal acetylenes is 1. The van der Waals surface area contributed by atoms with E-state index in [1.165, 1.54) is 0 Å². The van der Waals surface area contributed by atoms with Gasteiger partial charge in [-0.05, 0) is 29.8 Å². The van der Waals surface area contributed by atoms with Gasteiger partial charge in [0.1, 0.15) is 12.1 Å².